The zero-order chi connectivity index (χ0) is 12.2. The van der Waals surface area contributed by atoms with Gasteiger partial charge in [-0.25, -0.2) is 0 Å². The van der Waals surface area contributed by atoms with Gasteiger partial charge in [0.1, 0.15) is 0 Å². The van der Waals surface area contributed by atoms with Gasteiger partial charge >= 0.3 is 6.18 Å². The maximum absolute atomic E-state index is 12.1. The molecule has 1 aliphatic heterocycles. The number of hydrogen-bond donors (Lipinski definition) is 1. The van der Waals surface area contributed by atoms with E-state index in [0.717, 1.165) is 12.1 Å². The lowest BCUT2D eigenvalue weighted by atomic mass is 10.2. The number of piperazine rings is 1. The van der Waals surface area contributed by atoms with Gasteiger partial charge in [0, 0.05) is 38.5 Å². The number of hydrogen-bond acceptors (Lipinski definition) is 3. The third-order valence-electron chi connectivity index (χ3n) is 2.54. The molecule has 1 saturated heterocycles. The van der Waals surface area contributed by atoms with Crippen LogP contribution in [0.25, 0.3) is 0 Å². The van der Waals surface area contributed by atoms with Crippen LogP contribution in [-0.2, 0) is 0 Å². The standard InChI is InChI=1S/C10H17F3N2S/c1-9(7-16)6-14-2-4-15(5-3-14)8-10(11,12)13/h16H,1-8H2. The maximum atomic E-state index is 12.1. The van der Waals surface area contributed by atoms with E-state index in [0.29, 0.717) is 31.9 Å². The van der Waals surface area contributed by atoms with E-state index in [1.165, 1.54) is 4.90 Å². The summed E-state index contributed by atoms with van der Waals surface area (Å²) in [4.78, 5) is 3.56. The Morgan fingerprint density at radius 1 is 1.12 bits per heavy atom. The van der Waals surface area contributed by atoms with Crippen LogP contribution < -0.4 is 0 Å². The highest BCUT2D eigenvalue weighted by molar-refractivity contribution is 7.80. The molecule has 6 heteroatoms. The lowest BCUT2D eigenvalue weighted by Crippen LogP contribution is -2.49. The molecular weight excluding hydrogens is 237 g/mol. The Hall–Kier alpha value is -0.200. The molecule has 0 radical (unpaired) electrons. The van der Waals surface area contributed by atoms with Crippen molar-refractivity contribution >= 4 is 12.6 Å². The number of nitrogens with zero attached hydrogens (tertiary/aromatic N) is 2. The summed E-state index contributed by atoms with van der Waals surface area (Å²) in [6.45, 7) is 6.06. The minimum Gasteiger partial charge on any atom is -0.297 e. The van der Waals surface area contributed by atoms with E-state index in [1.807, 2.05) is 0 Å². The molecule has 0 unspecified atom stereocenters. The topological polar surface area (TPSA) is 6.48 Å². The minimum absolute atomic E-state index is 0.472. The van der Waals surface area contributed by atoms with Gasteiger partial charge in [0.2, 0.25) is 0 Å². The first-order valence-electron chi connectivity index (χ1n) is 5.19. The van der Waals surface area contributed by atoms with Crippen LogP contribution in [0.15, 0.2) is 12.2 Å². The van der Waals surface area contributed by atoms with Gasteiger partial charge in [0.15, 0.2) is 0 Å². The van der Waals surface area contributed by atoms with Crippen LogP contribution in [0.5, 0.6) is 0 Å². The van der Waals surface area contributed by atoms with E-state index in [4.69, 9.17) is 0 Å². The van der Waals surface area contributed by atoms with E-state index in [9.17, 15) is 13.2 Å². The van der Waals surface area contributed by atoms with Crippen molar-refractivity contribution in [3.8, 4) is 0 Å². The van der Waals surface area contributed by atoms with Crippen LogP contribution in [0, 0.1) is 0 Å². The SMILES string of the molecule is C=C(CS)CN1CCN(CC(F)(F)F)CC1. The normalized spacial score (nSPS) is 20.0. The lowest BCUT2D eigenvalue weighted by molar-refractivity contribution is -0.149. The monoisotopic (exact) mass is 254 g/mol. The highest BCUT2D eigenvalue weighted by Gasteiger charge is 2.31. The fraction of sp³-hybridized carbons (Fsp3) is 0.800. The molecule has 0 spiro atoms. The van der Waals surface area contributed by atoms with Crippen molar-refractivity contribution in [3.05, 3.63) is 12.2 Å². The first kappa shape index (κ1) is 13.9. The Bertz CT molecular complexity index is 235. The minimum atomic E-state index is -4.09. The summed E-state index contributed by atoms with van der Waals surface area (Å²) in [5, 5.41) is 0. The molecule has 16 heavy (non-hydrogen) atoms. The Morgan fingerprint density at radius 3 is 2.06 bits per heavy atom. The second-order valence-corrected chi connectivity index (χ2v) is 4.39. The fourth-order valence-corrected chi connectivity index (χ4v) is 1.83. The smallest absolute Gasteiger partial charge is 0.297 e. The number of alkyl halides is 3. The third-order valence-corrected chi connectivity index (χ3v) is 2.99. The molecule has 0 saturated carbocycles. The van der Waals surface area contributed by atoms with Crippen molar-refractivity contribution in [2.45, 2.75) is 6.18 Å². The van der Waals surface area contributed by atoms with Crippen molar-refractivity contribution in [1.82, 2.24) is 9.80 Å². The van der Waals surface area contributed by atoms with Gasteiger partial charge in [-0.1, -0.05) is 12.2 Å². The summed E-state index contributed by atoms with van der Waals surface area (Å²) in [5.41, 5.74) is 1.01. The zero-order valence-electron chi connectivity index (χ0n) is 9.13. The quantitative estimate of drug-likeness (QED) is 0.602. The van der Waals surface area contributed by atoms with Gasteiger partial charge in [-0.2, -0.15) is 25.8 Å². The van der Waals surface area contributed by atoms with Gasteiger partial charge in [-0.15, -0.1) is 0 Å². The average molecular weight is 254 g/mol. The summed E-state index contributed by atoms with van der Waals surface area (Å²) in [5.74, 6) is 0.628. The maximum Gasteiger partial charge on any atom is 0.401 e. The first-order valence-corrected chi connectivity index (χ1v) is 5.83. The van der Waals surface area contributed by atoms with Crippen LogP contribution in [0.3, 0.4) is 0 Å². The average Bonchev–Trinajstić information content (AvgIpc) is 2.18. The molecule has 0 amide bonds. The van der Waals surface area contributed by atoms with E-state index in [1.54, 1.807) is 0 Å². The molecule has 0 aromatic carbocycles. The van der Waals surface area contributed by atoms with Crippen LogP contribution in [-0.4, -0.2) is 61.0 Å². The lowest BCUT2D eigenvalue weighted by Gasteiger charge is -2.35. The largest absolute Gasteiger partial charge is 0.401 e. The summed E-state index contributed by atoms with van der Waals surface area (Å²) < 4.78 is 36.4. The van der Waals surface area contributed by atoms with Gasteiger partial charge in [-0.3, -0.25) is 9.80 Å². The molecule has 0 aliphatic carbocycles. The molecule has 2 nitrogen and oxygen atoms in total. The molecule has 0 aromatic rings. The van der Waals surface area contributed by atoms with Crippen molar-refractivity contribution in [1.29, 1.82) is 0 Å². The molecule has 0 aromatic heterocycles. The Labute approximate surface area is 99.5 Å². The fourth-order valence-electron chi connectivity index (χ4n) is 1.73. The van der Waals surface area contributed by atoms with Crippen molar-refractivity contribution in [3.63, 3.8) is 0 Å². The molecule has 1 heterocycles. The Kier molecular flexibility index (Phi) is 5.14. The summed E-state index contributed by atoms with van der Waals surface area (Å²) in [6.07, 6.45) is -4.09. The van der Waals surface area contributed by atoms with E-state index >= 15 is 0 Å². The molecule has 94 valence electrons. The molecule has 0 N–H and O–H groups in total. The highest BCUT2D eigenvalue weighted by Crippen LogP contribution is 2.17. The van der Waals surface area contributed by atoms with E-state index in [-0.39, 0.29) is 0 Å². The molecular formula is C10H17F3N2S. The van der Waals surface area contributed by atoms with E-state index < -0.39 is 12.7 Å². The summed E-state index contributed by atoms with van der Waals surface area (Å²) in [6, 6.07) is 0. The highest BCUT2D eigenvalue weighted by atomic mass is 32.1. The van der Waals surface area contributed by atoms with Crippen molar-refractivity contribution in [2.24, 2.45) is 0 Å². The molecule has 1 rings (SSSR count). The third kappa shape index (κ3) is 5.23. The van der Waals surface area contributed by atoms with Crippen LogP contribution in [0.2, 0.25) is 0 Å². The van der Waals surface area contributed by atoms with Crippen molar-refractivity contribution < 1.29 is 13.2 Å². The van der Waals surface area contributed by atoms with Crippen LogP contribution >= 0.6 is 12.6 Å². The zero-order valence-corrected chi connectivity index (χ0v) is 10.0. The van der Waals surface area contributed by atoms with Gasteiger partial charge < -0.3 is 0 Å². The summed E-state index contributed by atoms with van der Waals surface area (Å²) >= 11 is 4.10. The second kappa shape index (κ2) is 5.93. The predicted octanol–water partition coefficient (Wildman–Crippen LogP) is 1.65. The summed E-state index contributed by atoms with van der Waals surface area (Å²) in [7, 11) is 0. The van der Waals surface area contributed by atoms with E-state index in [2.05, 4.69) is 24.1 Å². The van der Waals surface area contributed by atoms with Gasteiger partial charge in [-0.05, 0) is 0 Å². The van der Waals surface area contributed by atoms with Gasteiger partial charge in [0.25, 0.3) is 0 Å². The molecule has 1 fully saturated rings. The Balaban J connectivity index is 2.26. The van der Waals surface area contributed by atoms with Crippen LogP contribution in [0.4, 0.5) is 13.2 Å². The second-order valence-electron chi connectivity index (χ2n) is 4.08. The Morgan fingerprint density at radius 2 is 1.62 bits per heavy atom. The molecule has 0 atom stereocenters. The number of halogens is 3. The molecule has 1 aliphatic rings. The number of rotatable bonds is 4. The molecule has 0 bridgehead atoms. The number of thiol groups is 1. The van der Waals surface area contributed by atoms with Gasteiger partial charge in [0.05, 0.1) is 6.54 Å². The van der Waals surface area contributed by atoms with Crippen LogP contribution in [0.1, 0.15) is 0 Å². The first-order chi connectivity index (χ1) is 7.40. The predicted molar refractivity (Wildman–Crippen MR) is 61.9 cm³/mol. The van der Waals surface area contributed by atoms with Crippen molar-refractivity contribution in [2.75, 3.05) is 45.0 Å².